The molecule has 3 heteroatoms. The Morgan fingerprint density at radius 3 is 2.76 bits per heavy atom. The smallest absolute Gasteiger partial charge is 0.0797 e. The van der Waals surface area contributed by atoms with Crippen LogP contribution in [-0.2, 0) is 0 Å². The molecule has 3 N–H and O–H groups in total. The molecule has 2 unspecified atom stereocenters. The lowest BCUT2D eigenvalue weighted by atomic mass is 9.88. The summed E-state index contributed by atoms with van der Waals surface area (Å²) in [5, 5.41) is 10.3. The van der Waals surface area contributed by atoms with E-state index in [1.165, 1.54) is 25.8 Å². The molecule has 0 aromatic carbocycles. The summed E-state index contributed by atoms with van der Waals surface area (Å²) in [5.74, 6) is 0.418. The molecule has 0 amide bonds. The van der Waals surface area contributed by atoms with Crippen molar-refractivity contribution >= 4 is 0 Å². The number of hydrogen-bond acceptors (Lipinski definition) is 3. The zero-order valence-electron chi connectivity index (χ0n) is 11.6. The van der Waals surface area contributed by atoms with Crippen LogP contribution in [-0.4, -0.2) is 42.3 Å². The second-order valence-electron chi connectivity index (χ2n) is 5.70. The summed E-state index contributed by atoms with van der Waals surface area (Å²) >= 11 is 0. The van der Waals surface area contributed by atoms with Crippen molar-refractivity contribution in [1.82, 2.24) is 4.90 Å². The lowest BCUT2D eigenvalue weighted by Gasteiger charge is -2.30. The molecular weight excluding hydrogens is 212 g/mol. The Hall–Kier alpha value is -0.120. The lowest BCUT2D eigenvalue weighted by molar-refractivity contribution is 0.00532. The van der Waals surface area contributed by atoms with Crippen LogP contribution in [0.2, 0.25) is 0 Å². The van der Waals surface area contributed by atoms with Crippen LogP contribution in [0.3, 0.4) is 0 Å². The molecule has 17 heavy (non-hydrogen) atoms. The van der Waals surface area contributed by atoms with Gasteiger partial charge in [-0.05, 0) is 51.7 Å². The molecule has 0 aliphatic heterocycles. The van der Waals surface area contributed by atoms with Crippen molar-refractivity contribution < 1.29 is 5.11 Å². The summed E-state index contributed by atoms with van der Waals surface area (Å²) in [7, 11) is 2.19. The van der Waals surface area contributed by atoms with Crippen molar-refractivity contribution in [2.45, 2.75) is 57.5 Å². The van der Waals surface area contributed by atoms with E-state index in [1.54, 1.807) is 0 Å². The molecule has 102 valence electrons. The molecule has 0 aromatic rings. The van der Waals surface area contributed by atoms with Gasteiger partial charge >= 0.3 is 0 Å². The second kappa shape index (κ2) is 7.34. The van der Waals surface area contributed by atoms with Crippen molar-refractivity contribution in [2.75, 3.05) is 26.7 Å². The Labute approximate surface area is 106 Å². The van der Waals surface area contributed by atoms with Crippen LogP contribution < -0.4 is 5.73 Å². The van der Waals surface area contributed by atoms with Gasteiger partial charge in [-0.2, -0.15) is 0 Å². The van der Waals surface area contributed by atoms with E-state index < -0.39 is 5.60 Å². The highest BCUT2D eigenvalue weighted by Crippen LogP contribution is 2.37. The van der Waals surface area contributed by atoms with E-state index in [4.69, 9.17) is 5.73 Å². The van der Waals surface area contributed by atoms with Crippen molar-refractivity contribution in [3.63, 3.8) is 0 Å². The molecule has 0 aromatic heterocycles. The van der Waals surface area contributed by atoms with Gasteiger partial charge in [0.25, 0.3) is 0 Å². The Morgan fingerprint density at radius 2 is 2.12 bits per heavy atom. The molecule has 2 atom stereocenters. The van der Waals surface area contributed by atoms with Gasteiger partial charge in [-0.1, -0.05) is 26.2 Å². The maximum atomic E-state index is 10.3. The van der Waals surface area contributed by atoms with Crippen LogP contribution in [0.15, 0.2) is 0 Å². The predicted molar refractivity (Wildman–Crippen MR) is 73.0 cm³/mol. The Bertz CT molecular complexity index is 210. The van der Waals surface area contributed by atoms with E-state index in [2.05, 4.69) is 18.9 Å². The highest BCUT2D eigenvalue weighted by atomic mass is 16.3. The third kappa shape index (κ3) is 4.57. The first kappa shape index (κ1) is 14.9. The van der Waals surface area contributed by atoms with Gasteiger partial charge < -0.3 is 15.7 Å². The maximum Gasteiger partial charge on any atom is 0.0797 e. The van der Waals surface area contributed by atoms with Crippen LogP contribution in [0.25, 0.3) is 0 Å². The van der Waals surface area contributed by atoms with E-state index in [0.29, 0.717) is 12.5 Å². The topological polar surface area (TPSA) is 49.5 Å². The molecule has 0 heterocycles. The molecule has 0 saturated heterocycles. The van der Waals surface area contributed by atoms with Gasteiger partial charge in [0.15, 0.2) is 0 Å². The van der Waals surface area contributed by atoms with Crippen molar-refractivity contribution in [2.24, 2.45) is 11.7 Å². The van der Waals surface area contributed by atoms with Gasteiger partial charge in [-0.3, -0.25) is 0 Å². The highest BCUT2D eigenvalue weighted by molar-refractivity contribution is 4.93. The number of aliphatic hydroxyl groups is 1. The fraction of sp³-hybridized carbons (Fsp3) is 1.00. The molecule has 1 aliphatic rings. The lowest BCUT2D eigenvalue weighted by Crippen LogP contribution is -2.42. The fourth-order valence-corrected chi connectivity index (χ4v) is 2.93. The zero-order chi connectivity index (χ0) is 12.7. The first-order valence-electron chi connectivity index (χ1n) is 7.23. The van der Waals surface area contributed by atoms with Crippen LogP contribution >= 0.6 is 0 Å². The summed E-state index contributed by atoms with van der Waals surface area (Å²) in [6.07, 6.45) is 8.17. The Kier molecular flexibility index (Phi) is 6.45. The van der Waals surface area contributed by atoms with Crippen molar-refractivity contribution in [3.8, 4) is 0 Å². The Morgan fingerprint density at radius 1 is 1.35 bits per heavy atom. The zero-order valence-corrected chi connectivity index (χ0v) is 11.6. The summed E-state index contributed by atoms with van der Waals surface area (Å²) in [5.41, 5.74) is 5.13. The first-order valence-corrected chi connectivity index (χ1v) is 7.23. The number of nitrogens with two attached hydrogens (primary N) is 1. The summed E-state index contributed by atoms with van der Waals surface area (Å²) in [6.45, 7) is 4.94. The van der Waals surface area contributed by atoms with Gasteiger partial charge in [-0.15, -0.1) is 0 Å². The van der Waals surface area contributed by atoms with E-state index in [0.717, 1.165) is 32.2 Å². The number of unbranched alkanes of at least 4 members (excludes halogenated alkanes) is 2. The molecule has 1 rings (SSSR count). The van der Waals surface area contributed by atoms with Crippen LogP contribution in [0, 0.1) is 5.92 Å². The van der Waals surface area contributed by atoms with Crippen LogP contribution in [0.4, 0.5) is 0 Å². The third-order valence-corrected chi connectivity index (χ3v) is 4.28. The summed E-state index contributed by atoms with van der Waals surface area (Å²) in [6, 6.07) is 0. The van der Waals surface area contributed by atoms with Crippen molar-refractivity contribution in [1.29, 1.82) is 0 Å². The van der Waals surface area contributed by atoms with E-state index >= 15 is 0 Å². The molecule has 3 nitrogen and oxygen atoms in total. The number of nitrogens with zero attached hydrogens (tertiary/aromatic N) is 1. The van der Waals surface area contributed by atoms with Gasteiger partial charge in [-0.25, -0.2) is 0 Å². The summed E-state index contributed by atoms with van der Waals surface area (Å²) < 4.78 is 0. The van der Waals surface area contributed by atoms with Gasteiger partial charge in [0.1, 0.15) is 0 Å². The molecule has 0 radical (unpaired) electrons. The van der Waals surface area contributed by atoms with Crippen LogP contribution in [0.5, 0.6) is 0 Å². The molecule has 1 aliphatic carbocycles. The standard InChI is InChI=1S/C14H30N2O/c1-3-4-5-10-16(2)11-8-13-7-6-9-14(13,17)12-15/h13,17H,3-12,15H2,1-2H3. The predicted octanol–water partition coefficient (Wildman–Crippen LogP) is 1.99. The first-order chi connectivity index (χ1) is 8.12. The minimum atomic E-state index is -0.565. The average molecular weight is 242 g/mol. The largest absolute Gasteiger partial charge is 0.388 e. The third-order valence-electron chi connectivity index (χ3n) is 4.28. The molecule has 1 saturated carbocycles. The molecule has 0 spiro atoms. The van der Waals surface area contributed by atoms with Gasteiger partial charge in [0.2, 0.25) is 0 Å². The maximum absolute atomic E-state index is 10.3. The summed E-state index contributed by atoms with van der Waals surface area (Å²) in [4.78, 5) is 2.39. The monoisotopic (exact) mass is 242 g/mol. The van der Waals surface area contributed by atoms with Crippen LogP contribution in [0.1, 0.15) is 51.9 Å². The van der Waals surface area contributed by atoms with Crippen molar-refractivity contribution in [3.05, 3.63) is 0 Å². The van der Waals surface area contributed by atoms with E-state index in [-0.39, 0.29) is 0 Å². The average Bonchev–Trinajstić information content (AvgIpc) is 2.69. The fourth-order valence-electron chi connectivity index (χ4n) is 2.93. The quantitative estimate of drug-likeness (QED) is 0.640. The molecular formula is C14H30N2O. The SMILES string of the molecule is CCCCCN(C)CCC1CCCC1(O)CN. The van der Waals surface area contributed by atoms with Gasteiger partial charge in [0, 0.05) is 6.54 Å². The Balaban J connectivity index is 2.21. The normalized spacial score (nSPS) is 29.1. The molecule has 0 bridgehead atoms. The number of hydrogen-bond donors (Lipinski definition) is 2. The van der Waals surface area contributed by atoms with E-state index in [9.17, 15) is 5.11 Å². The second-order valence-corrected chi connectivity index (χ2v) is 5.70. The minimum Gasteiger partial charge on any atom is -0.388 e. The number of rotatable bonds is 8. The van der Waals surface area contributed by atoms with E-state index in [1.807, 2.05) is 0 Å². The molecule has 1 fully saturated rings. The minimum absolute atomic E-state index is 0.418. The highest BCUT2D eigenvalue weighted by Gasteiger charge is 2.39. The van der Waals surface area contributed by atoms with Gasteiger partial charge in [0.05, 0.1) is 5.60 Å².